The molecule has 0 amide bonds. The molecule has 0 saturated heterocycles. The Morgan fingerprint density at radius 2 is 2.33 bits per heavy atom. The van der Waals surface area contributed by atoms with E-state index in [1.54, 1.807) is 6.92 Å². The highest BCUT2D eigenvalue weighted by atomic mass is 32.1. The van der Waals surface area contributed by atoms with Crippen molar-refractivity contribution in [3.05, 3.63) is 23.7 Å². The number of hydrogen-bond acceptors (Lipinski definition) is 8. The third kappa shape index (κ3) is 2.54. The van der Waals surface area contributed by atoms with Gasteiger partial charge in [0.05, 0.1) is 19.0 Å². The molecule has 2 rings (SSSR count). The number of aromatic nitrogens is 3. The Bertz CT molecular complexity index is 583. The Balaban J connectivity index is 2.35. The van der Waals surface area contributed by atoms with Crippen molar-refractivity contribution in [2.75, 3.05) is 18.2 Å². The quantitative estimate of drug-likeness (QED) is 0.807. The summed E-state index contributed by atoms with van der Waals surface area (Å²) in [4.78, 5) is 19.8. The Kier molecular flexibility index (Phi) is 3.38. The summed E-state index contributed by atoms with van der Waals surface area (Å²) >= 11 is 1.18. The van der Waals surface area contributed by atoms with E-state index in [2.05, 4.69) is 24.4 Å². The molecule has 0 saturated carbocycles. The molecule has 0 unspecified atom stereocenters. The minimum absolute atomic E-state index is 0.255. The van der Waals surface area contributed by atoms with Crippen LogP contribution >= 0.6 is 11.5 Å². The second-order valence-corrected chi connectivity index (χ2v) is 4.18. The molecule has 0 radical (unpaired) electrons. The number of carbonyl (C=O) groups is 1. The normalized spacial score (nSPS) is 10.1. The Hall–Kier alpha value is -2.22. The molecular formula is C10H11N5O2S. The molecule has 8 heteroatoms. The number of hydrogen-bond donors (Lipinski definition) is 2. The predicted molar refractivity (Wildman–Crippen MR) is 67.9 cm³/mol. The van der Waals surface area contributed by atoms with Crippen molar-refractivity contribution < 1.29 is 9.53 Å². The summed E-state index contributed by atoms with van der Waals surface area (Å²) in [6.07, 6.45) is 1.45. The van der Waals surface area contributed by atoms with Gasteiger partial charge >= 0.3 is 5.97 Å². The molecule has 0 aliphatic rings. The summed E-state index contributed by atoms with van der Waals surface area (Å²) in [6.45, 7) is 1.78. The molecular weight excluding hydrogens is 254 g/mol. The molecule has 7 nitrogen and oxygen atoms in total. The van der Waals surface area contributed by atoms with Gasteiger partial charge in [-0.05, 0) is 13.0 Å². The van der Waals surface area contributed by atoms with Gasteiger partial charge < -0.3 is 15.8 Å². The Morgan fingerprint density at radius 1 is 1.56 bits per heavy atom. The number of esters is 1. The van der Waals surface area contributed by atoms with Gasteiger partial charge in [-0.2, -0.15) is 4.37 Å². The lowest BCUT2D eigenvalue weighted by Crippen LogP contribution is -2.08. The maximum absolute atomic E-state index is 11.6. The van der Waals surface area contributed by atoms with Gasteiger partial charge in [0.2, 0.25) is 5.13 Å². The van der Waals surface area contributed by atoms with Crippen LogP contribution < -0.4 is 11.1 Å². The number of nitrogen functional groups attached to an aromatic ring is 1. The van der Waals surface area contributed by atoms with Crippen molar-refractivity contribution in [2.24, 2.45) is 0 Å². The average molecular weight is 265 g/mol. The highest BCUT2D eigenvalue weighted by Crippen LogP contribution is 2.22. The van der Waals surface area contributed by atoms with Crippen molar-refractivity contribution in [3.8, 4) is 0 Å². The van der Waals surface area contributed by atoms with Gasteiger partial charge in [0, 0.05) is 11.5 Å². The van der Waals surface area contributed by atoms with Crippen molar-refractivity contribution in [1.29, 1.82) is 0 Å². The molecule has 18 heavy (non-hydrogen) atoms. The predicted octanol–water partition coefficient (Wildman–Crippen LogP) is 1.35. The van der Waals surface area contributed by atoms with E-state index < -0.39 is 5.97 Å². The van der Waals surface area contributed by atoms with E-state index in [-0.39, 0.29) is 5.56 Å². The fourth-order valence-electron chi connectivity index (χ4n) is 1.30. The van der Waals surface area contributed by atoms with Crippen LogP contribution in [0.4, 0.5) is 16.6 Å². The number of aryl methyl sites for hydroxylation is 1. The van der Waals surface area contributed by atoms with Crippen molar-refractivity contribution >= 4 is 34.1 Å². The number of anilines is 3. The number of rotatable bonds is 3. The van der Waals surface area contributed by atoms with Gasteiger partial charge in [-0.1, -0.05) is 0 Å². The number of methoxy groups -OCH3 is 1. The van der Waals surface area contributed by atoms with E-state index >= 15 is 0 Å². The smallest absolute Gasteiger partial charge is 0.341 e. The molecule has 0 aliphatic carbocycles. The van der Waals surface area contributed by atoms with Crippen LogP contribution in [0.25, 0.3) is 0 Å². The number of carbonyl (C=O) groups excluding carboxylic acids is 1. The zero-order valence-corrected chi connectivity index (χ0v) is 10.6. The molecule has 0 bridgehead atoms. The molecule has 0 atom stereocenters. The van der Waals surface area contributed by atoms with E-state index in [1.165, 1.54) is 30.9 Å². The second kappa shape index (κ2) is 4.96. The first-order valence-electron chi connectivity index (χ1n) is 5.01. The molecule has 0 fully saturated rings. The summed E-state index contributed by atoms with van der Waals surface area (Å²) < 4.78 is 8.69. The summed E-state index contributed by atoms with van der Waals surface area (Å²) in [5.74, 6) is 0.475. The van der Waals surface area contributed by atoms with Crippen LogP contribution in [0.3, 0.4) is 0 Å². The Labute approximate surface area is 107 Å². The standard InChI is InChI=1S/C10H11N5O2S/c1-5-13-10(18-15-5)14-8-7(9(16)17-2)3-6(11)4-12-8/h3-4H,11H2,1-2H3,(H,12,13,14,15). The van der Waals surface area contributed by atoms with Crippen LogP contribution in [-0.2, 0) is 4.74 Å². The lowest BCUT2D eigenvalue weighted by atomic mass is 10.2. The molecule has 94 valence electrons. The summed E-state index contributed by atoms with van der Waals surface area (Å²) in [7, 11) is 1.30. The fourth-order valence-corrected chi connectivity index (χ4v) is 1.87. The zero-order chi connectivity index (χ0) is 13.1. The molecule has 3 N–H and O–H groups in total. The third-order valence-corrected chi connectivity index (χ3v) is 2.79. The van der Waals surface area contributed by atoms with Crippen LogP contribution in [-0.4, -0.2) is 27.4 Å². The van der Waals surface area contributed by atoms with Crippen LogP contribution in [0.2, 0.25) is 0 Å². The Morgan fingerprint density at radius 3 is 2.94 bits per heavy atom. The molecule has 0 aromatic carbocycles. The molecule has 0 aliphatic heterocycles. The zero-order valence-electron chi connectivity index (χ0n) is 9.80. The second-order valence-electron chi connectivity index (χ2n) is 3.43. The first kappa shape index (κ1) is 12.2. The summed E-state index contributed by atoms with van der Waals surface area (Å²) in [6, 6.07) is 1.50. The fraction of sp³-hybridized carbons (Fsp3) is 0.200. The van der Waals surface area contributed by atoms with E-state index in [9.17, 15) is 4.79 Å². The van der Waals surface area contributed by atoms with E-state index in [1.807, 2.05) is 0 Å². The van der Waals surface area contributed by atoms with Crippen LogP contribution in [0.15, 0.2) is 12.3 Å². The maximum Gasteiger partial charge on any atom is 0.341 e. The lowest BCUT2D eigenvalue weighted by Gasteiger charge is -2.07. The number of nitrogens with zero attached hydrogens (tertiary/aromatic N) is 3. The maximum atomic E-state index is 11.6. The third-order valence-electron chi connectivity index (χ3n) is 2.07. The SMILES string of the molecule is COC(=O)c1cc(N)cnc1Nc1nc(C)ns1. The number of nitrogens with one attached hydrogen (secondary N) is 1. The van der Waals surface area contributed by atoms with Gasteiger partial charge in [0.25, 0.3) is 0 Å². The number of pyridine rings is 1. The summed E-state index contributed by atoms with van der Waals surface area (Å²) in [5, 5.41) is 3.46. The first-order valence-corrected chi connectivity index (χ1v) is 5.78. The summed E-state index contributed by atoms with van der Waals surface area (Å²) in [5.41, 5.74) is 6.23. The van der Waals surface area contributed by atoms with Gasteiger partial charge in [-0.3, -0.25) is 0 Å². The number of ether oxygens (including phenoxy) is 1. The minimum Gasteiger partial charge on any atom is -0.465 e. The van der Waals surface area contributed by atoms with Gasteiger partial charge in [0.1, 0.15) is 17.2 Å². The molecule has 2 aromatic rings. The van der Waals surface area contributed by atoms with Gasteiger partial charge in [-0.25, -0.2) is 14.8 Å². The van der Waals surface area contributed by atoms with E-state index in [4.69, 9.17) is 5.73 Å². The monoisotopic (exact) mass is 265 g/mol. The van der Waals surface area contributed by atoms with Crippen molar-refractivity contribution in [1.82, 2.24) is 14.3 Å². The van der Waals surface area contributed by atoms with Gasteiger partial charge in [0.15, 0.2) is 0 Å². The lowest BCUT2D eigenvalue weighted by molar-refractivity contribution is 0.0601. The van der Waals surface area contributed by atoms with Crippen LogP contribution in [0.5, 0.6) is 0 Å². The number of nitrogens with two attached hydrogens (primary N) is 1. The van der Waals surface area contributed by atoms with Crippen LogP contribution in [0.1, 0.15) is 16.2 Å². The highest BCUT2D eigenvalue weighted by Gasteiger charge is 2.15. The van der Waals surface area contributed by atoms with Crippen LogP contribution in [0, 0.1) is 6.92 Å². The highest BCUT2D eigenvalue weighted by molar-refractivity contribution is 7.09. The largest absolute Gasteiger partial charge is 0.465 e. The molecule has 0 spiro atoms. The van der Waals surface area contributed by atoms with Gasteiger partial charge in [-0.15, -0.1) is 0 Å². The molecule has 2 heterocycles. The average Bonchev–Trinajstić information content (AvgIpc) is 2.76. The first-order chi connectivity index (χ1) is 8.60. The molecule has 2 aromatic heterocycles. The van der Waals surface area contributed by atoms with Crippen molar-refractivity contribution in [2.45, 2.75) is 6.92 Å². The topological polar surface area (TPSA) is 103 Å². The van der Waals surface area contributed by atoms with E-state index in [0.717, 1.165) is 0 Å². The van der Waals surface area contributed by atoms with E-state index in [0.29, 0.717) is 22.5 Å². The van der Waals surface area contributed by atoms with Crippen molar-refractivity contribution in [3.63, 3.8) is 0 Å². The minimum atomic E-state index is -0.515.